The van der Waals surface area contributed by atoms with Gasteiger partial charge < -0.3 is 14.8 Å². The lowest BCUT2D eigenvalue weighted by atomic mass is 10.2. The number of aromatic nitrogens is 3. The highest BCUT2D eigenvalue weighted by Gasteiger charge is 2.12. The summed E-state index contributed by atoms with van der Waals surface area (Å²) in [6, 6.07) is 10.5. The van der Waals surface area contributed by atoms with Crippen LogP contribution >= 0.6 is 35.7 Å². The zero-order valence-electron chi connectivity index (χ0n) is 18.3. The minimum atomic E-state index is 0. The number of nitrogens with one attached hydrogen (secondary N) is 1. The van der Waals surface area contributed by atoms with Crippen LogP contribution in [0.3, 0.4) is 0 Å². The van der Waals surface area contributed by atoms with Crippen LogP contribution in [0.1, 0.15) is 38.6 Å². The summed E-state index contributed by atoms with van der Waals surface area (Å²) >= 11 is 1.66. The van der Waals surface area contributed by atoms with Gasteiger partial charge in [0.25, 0.3) is 0 Å². The maximum atomic E-state index is 4.81. The maximum Gasteiger partial charge on any atom is 0.193 e. The number of aryl methyl sites for hydroxylation is 1. The molecule has 0 bridgehead atoms. The monoisotopic (exact) mass is 530 g/mol. The molecule has 0 spiro atoms. The molecule has 0 unspecified atom stereocenters. The van der Waals surface area contributed by atoms with E-state index in [9.17, 15) is 0 Å². The number of hydrogen-bond acceptors (Lipinski definition) is 4. The second kappa shape index (κ2) is 13.8. The van der Waals surface area contributed by atoms with Gasteiger partial charge in [-0.15, -0.1) is 34.2 Å². The molecule has 1 N–H and O–H groups in total. The molecule has 2 aromatic rings. The molecule has 6 nitrogen and oxygen atoms in total. The Bertz CT molecular complexity index is 732. The Hall–Kier alpha value is -1.29. The summed E-state index contributed by atoms with van der Waals surface area (Å²) in [7, 11) is 2.08. The van der Waals surface area contributed by atoms with Gasteiger partial charge in [-0.2, -0.15) is 0 Å². The highest BCUT2D eigenvalue weighted by atomic mass is 127. The minimum absolute atomic E-state index is 0. The van der Waals surface area contributed by atoms with Crippen LogP contribution < -0.4 is 5.32 Å². The van der Waals surface area contributed by atoms with E-state index in [0.29, 0.717) is 5.92 Å². The van der Waals surface area contributed by atoms with E-state index in [2.05, 4.69) is 83.3 Å². The lowest BCUT2D eigenvalue weighted by Crippen LogP contribution is -2.38. The third kappa shape index (κ3) is 8.54. The van der Waals surface area contributed by atoms with Crippen molar-refractivity contribution >= 4 is 41.7 Å². The summed E-state index contributed by atoms with van der Waals surface area (Å²) < 4.78 is 2.26. The van der Waals surface area contributed by atoms with Crippen molar-refractivity contribution in [3.8, 4) is 0 Å². The highest BCUT2D eigenvalue weighted by molar-refractivity contribution is 14.0. The van der Waals surface area contributed by atoms with Gasteiger partial charge in [-0.3, -0.25) is 4.99 Å². The first kappa shape index (κ1) is 25.7. The number of aliphatic imine (C=N–C) groups is 1. The molecule has 1 aromatic heterocycles. The van der Waals surface area contributed by atoms with Gasteiger partial charge in [0.15, 0.2) is 11.1 Å². The molecular weight excluding hydrogens is 495 g/mol. The number of thioether (sulfide) groups is 1. The van der Waals surface area contributed by atoms with Crippen LogP contribution in [0.15, 0.2) is 40.5 Å². The first-order chi connectivity index (χ1) is 13.5. The van der Waals surface area contributed by atoms with Gasteiger partial charge in [0.1, 0.15) is 5.82 Å². The van der Waals surface area contributed by atoms with Gasteiger partial charge in [-0.05, 0) is 31.1 Å². The van der Waals surface area contributed by atoms with Gasteiger partial charge in [0, 0.05) is 39.6 Å². The SMILES string of the molecule is CCNC(=NCCCc1nnc(SC)n1CC(C)C)N(C)Cc1ccccc1.I. The summed E-state index contributed by atoms with van der Waals surface area (Å²) in [6.45, 7) is 9.98. The van der Waals surface area contributed by atoms with Gasteiger partial charge >= 0.3 is 0 Å². The Balaban J connectivity index is 0.00000420. The molecule has 0 atom stereocenters. The molecular formula is C21H35IN6S. The zero-order chi connectivity index (χ0) is 20.4. The van der Waals surface area contributed by atoms with E-state index in [4.69, 9.17) is 4.99 Å². The summed E-state index contributed by atoms with van der Waals surface area (Å²) in [5, 5.41) is 13.1. The topological polar surface area (TPSA) is 58.3 Å². The van der Waals surface area contributed by atoms with Crippen molar-refractivity contribution in [1.82, 2.24) is 25.0 Å². The number of hydrogen-bond donors (Lipinski definition) is 1. The van der Waals surface area contributed by atoms with E-state index >= 15 is 0 Å². The summed E-state index contributed by atoms with van der Waals surface area (Å²) in [4.78, 5) is 6.98. The van der Waals surface area contributed by atoms with Crippen LogP contribution in [0, 0.1) is 5.92 Å². The van der Waals surface area contributed by atoms with Crippen LogP contribution in [0.5, 0.6) is 0 Å². The Morgan fingerprint density at radius 3 is 2.59 bits per heavy atom. The predicted octanol–water partition coefficient (Wildman–Crippen LogP) is 4.30. The second-order valence-electron chi connectivity index (χ2n) is 7.29. The van der Waals surface area contributed by atoms with Gasteiger partial charge in [-0.25, -0.2) is 0 Å². The molecule has 0 fully saturated rings. The molecule has 8 heteroatoms. The van der Waals surface area contributed by atoms with Crippen LogP contribution in [0.25, 0.3) is 0 Å². The van der Waals surface area contributed by atoms with Gasteiger partial charge in [0.2, 0.25) is 0 Å². The maximum absolute atomic E-state index is 4.81. The van der Waals surface area contributed by atoms with E-state index in [0.717, 1.165) is 56.0 Å². The number of nitrogens with zero attached hydrogens (tertiary/aromatic N) is 5. The molecule has 1 aromatic carbocycles. The number of rotatable bonds is 10. The Kier molecular flexibility index (Phi) is 12.3. The molecule has 0 amide bonds. The van der Waals surface area contributed by atoms with Crippen molar-refractivity contribution < 1.29 is 0 Å². The van der Waals surface area contributed by atoms with Crippen molar-refractivity contribution in [2.75, 3.05) is 26.4 Å². The normalized spacial score (nSPS) is 11.4. The quantitative estimate of drug-likeness (QED) is 0.163. The third-order valence-electron chi connectivity index (χ3n) is 4.30. The minimum Gasteiger partial charge on any atom is -0.357 e. The first-order valence-corrected chi connectivity index (χ1v) is 11.3. The predicted molar refractivity (Wildman–Crippen MR) is 134 cm³/mol. The molecule has 29 heavy (non-hydrogen) atoms. The third-order valence-corrected chi connectivity index (χ3v) is 4.97. The van der Waals surface area contributed by atoms with Crippen molar-refractivity contribution in [1.29, 1.82) is 0 Å². The molecule has 1 heterocycles. The van der Waals surface area contributed by atoms with Gasteiger partial charge in [-0.1, -0.05) is 55.9 Å². The molecule has 0 aliphatic carbocycles. The lowest BCUT2D eigenvalue weighted by molar-refractivity contribution is 0.472. The van der Waals surface area contributed by atoms with Crippen molar-refractivity contribution in [2.45, 2.75) is 51.9 Å². The number of guanidine groups is 1. The van der Waals surface area contributed by atoms with Crippen molar-refractivity contribution in [3.63, 3.8) is 0 Å². The van der Waals surface area contributed by atoms with Crippen molar-refractivity contribution in [2.24, 2.45) is 10.9 Å². The average molecular weight is 531 g/mol. The molecule has 0 aliphatic rings. The average Bonchev–Trinajstić information content (AvgIpc) is 3.06. The number of benzene rings is 1. The van der Waals surface area contributed by atoms with E-state index in [-0.39, 0.29) is 24.0 Å². The summed E-state index contributed by atoms with van der Waals surface area (Å²) in [5.74, 6) is 2.58. The lowest BCUT2D eigenvalue weighted by Gasteiger charge is -2.22. The summed E-state index contributed by atoms with van der Waals surface area (Å²) in [5.41, 5.74) is 1.28. The van der Waals surface area contributed by atoms with Crippen molar-refractivity contribution in [3.05, 3.63) is 41.7 Å². The molecule has 0 saturated heterocycles. The largest absolute Gasteiger partial charge is 0.357 e. The fourth-order valence-corrected chi connectivity index (χ4v) is 3.55. The van der Waals surface area contributed by atoms with E-state index in [1.807, 2.05) is 6.07 Å². The Morgan fingerprint density at radius 2 is 1.97 bits per heavy atom. The van der Waals surface area contributed by atoms with E-state index in [1.165, 1.54) is 5.56 Å². The molecule has 0 saturated carbocycles. The molecule has 0 aliphatic heterocycles. The van der Waals surface area contributed by atoms with Crippen LogP contribution in [-0.4, -0.2) is 52.0 Å². The zero-order valence-corrected chi connectivity index (χ0v) is 21.4. The fourth-order valence-electron chi connectivity index (χ4n) is 3.03. The smallest absolute Gasteiger partial charge is 0.193 e. The Labute approximate surface area is 197 Å². The molecule has 2 rings (SSSR count). The van der Waals surface area contributed by atoms with E-state index < -0.39 is 0 Å². The van der Waals surface area contributed by atoms with Gasteiger partial charge in [0.05, 0.1) is 0 Å². The fraction of sp³-hybridized carbons (Fsp3) is 0.571. The second-order valence-corrected chi connectivity index (χ2v) is 8.06. The van der Waals surface area contributed by atoms with Crippen LogP contribution in [0.4, 0.5) is 0 Å². The standard InChI is InChI=1S/C21H34N6S.HI/c1-6-22-20(26(4)16-18-11-8-7-9-12-18)23-14-10-13-19-24-25-21(28-5)27(19)15-17(2)3;/h7-9,11-12,17H,6,10,13-16H2,1-5H3,(H,22,23);1H. The highest BCUT2D eigenvalue weighted by Crippen LogP contribution is 2.16. The van der Waals surface area contributed by atoms with Crippen LogP contribution in [-0.2, 0) is 19.5 Å². The van der Waals surface area contributed by atoms with Crippen LogP contribution in [0.2, 0.25) is 0 Å². The molecule has 162 valence electrons. The Morgan fingerprint density at radius 1 is 1.24 bits per heavy atom. The van der Waals surface area contributed by atoms with E-state index in [1.54, 1.807) is 11.8 Å². The molecule has 0 radical (unpaired) electrons. The summed E-state index contributed by atoms with van der Waals surface area (Å²) in [6.07, 6.45) is 3.91. The number of halogens is 1. The first-order valence-electron chi connectivity index (χ1n) is 10.0.